The number of carbonyl (C=O) groups is 1. The van der Waals surface area contributed by atoms with E-state index in [0.29, 0.717) is 0 Å². The fourth-order valence-corrected chi connectivity index (χ4v) is 2.15. The van der Waals surface area contributed by atoms with Gasteiger partial charge in [0.25, 0.3) is 0 Å². The van der Waals surface area contributed by atoms with E-state index in [1.54, 1.807) is 0 Å². The van der Waals surface area contributed by atoms with Crippen molar-refractivity contribution in [1.82, 2.24) is 0 Å². The second-order valence-corrected chi connectivity index (χ2v) is 4.68. The molecule has 0 amide bonds. The Balaban J connectivity index is 2.04. The molecule has 0 atom stereocenters. The molecule has 0 saturated carbocycles. The minimum atomic E-state index is 0.178. The van der Waals surface area contributed by atoms with Crippen molar-refractivity contribution in [3.63, 3.8) is 0 Å². The summed E-state index contributed by atoms with van der Waals surface area (Å²) in [5, 5.41) is 0. The summed E-state index contributed by atoms with van der Waals surface area (Å²) in [5.41, 5.74) is 1.75. The van der Waals surface area contributed by atoms with E-state index in [1.807, 2.05) is 24.3 Å². The lowest BCUT2D eigenvalue weighted by Gasteiger charge is -2.12. The van der Waals surface area contributed by atoms with Gasteiger partial charge in [-0.15, -0.1) is 0 Å². The minimum absolute atomic E-state index is 0.178. The molecule has 2 nitrogen and oxygen atoms in total. The van der Waals surface area contributed by atoms with Crippen LogP contribution in [0.1, 0.15) is 49.4 Å². The lowest BCUT2D eigenvalue weighted by molar-refractivity contribution is 0.102. The fourth-order valence-electron chi connectivity index (χ4n) is 2.15. The monoisotopic (exact) mass is 244 g/mol. The van der Waals surface area contributed by atoms with Crippen molar-refractivity contribution in [3.05, 3.63) is 41.5 Å². The summed E-state index contributed by atoms with van der Waals surface area (Å²) < 4.78 is 5.51. The van der Waals surface area contributed by atoms with Gasteiger partial charge in [0.15, 0.2) is 5.78 Å². The molecule has 0 aliphatic heterocycles. The molecule has 0 unspecified atom stereocenters. The van der Waals surface area contributed by atoms with E-state index in [4.69, 9.17) is 4.74 Å². The Morgan fingerprint density at radius 3 is 2.61 bits per heavy atom. The first-order chi connectivity index (χ1) is 8.81. The topological polar surface area (TPSA) is 26.3 Å². The molecule has 0 N–H and O–H groups in total. The number of ketones is 1. The summed E-state index contributed by atoms with van der Waals surface area (Å²) >= 11 is 0. The maximum atomic E-state index is 12.2. The zero-order valence-corrected chi connectivity index (χ0v) is 10.9. The van der Waals surface area contributed by atoms with Crippen molar-refractivity contribution in [3.8, 4) is 5.75 Å². The number of hydrogen-bond acceptors (Lipinski definition) is 2. The first-order valence-electron chi connectivity index (χ1n) is 6.78. The predicted molar refractivity (Wildman–Crippen MR) is 73.1 cm³/mol. The molecule has 0 fully saturated rings. The number of benzene rings is 1. The van der Waals surface area contributed by atoms with Gasteiger partial charge in [0.2, 0.25) is 0 Å². The van der Waals surface area contributed by atoms with Crippen LogP contribution >= 0.6 is 0 Å². The third-order valence-corrected chi connectivity index (χ3v) is 3.17. The van der Waals surface area contributed by atoms with Crippen LogP contribution in [0.3, 0.4) is 0 Å². The quantitative estimate of drug-likeness (QED) is 0.727. The minimum Gasteiger partial charge on any atom is -0.494 e. The second-order valence-electron chi connectivity index (χ2n) is 4.68. The first-order valence-corrected chi connectivity index (χ1v) is 6.78. The van der Waals surface area contributed by atoms with Crippen LogP contribution in [-0.4, -0.2) is 12.4 Å². The molecule has 0 heterocycles. The number of Topliss-reactive ketones (excluding diaryl/α,β-unsaturated/α-hetero) is 1. The van der Waals surface area contributed by atoms with Gasteiger partial charge in [-0.2, -0.15) is 0 Å². The van der Waals surface area contributed by atoms with Gasteiger partial charge in [-0.25, -0.2) is 0 Å². The van der Waals surface area contributed by atoms with Gasteiger partial charge in [-0.05, 0) is 61.9 Å². The van der Waals surface area contributed by atoms with Crippen molar-refractivity contribution in [2.75, 3.05) is 6.61 Å². The molecule has 1 aromatic carbocycles. The third-order valence-electron chi connectivity index (χ3n) is 3.17. The zero-order chi connectivity index (χ0) is 12.8. The van der Waals surface area contributed by atoms with Gasteiger partial charge < -0.3 is 4.74 Å². The van der Waals surface area contributed by atoms with Crippen LogP contribution in [0.2, 0.25) is 0 Å². The molecular formula is C16H20O2. The molecule has 0 aromatic heterocycles. The van der Waals surface area contributed by atoms with Crippen LogP contribution in [0.25, 0.3) is 0 Å². The highest BCUT2D eigenvalue weighted by Gasteiger charge is 2.14. The summed E-state index contributed by atoms with van der Waals surface area (Å²) in [6.07, 6.45) is 7.39. The molecular weight excluding hydrogens is 224 g/mol. The lowest BCUT2D eigenvalue weighted by Crippen LogP contribution is -2.06. The van der Waals surface area contributed by atoms with Crippen LogP contribution in [0.5, 0.6) is 5.75 Å². The van der Waals surface area contributed by atoms with Crippen LogP contribution in [0.15, 0.2) is 35.9 Å². The van der Waals surface area contributed by atoms with Crippen molar-refractivity contribution in [2.24, 2.45) is 0 Å². The van der Waals surface area contributed by atoms with E-state index in [0.717, 1.165) is 49.2 Å². The Labute approximate surface area is 109 Å². The van der Waals surface area contributed by atoms with Crippen molar-refractivity contribution >= 4 is 5.78 Å². The fraction of sp³-hybridized carbons (Fsp3) is 0.438. The largest absolute Gasteiger partial charge is 0.494 e. The maximum Gasteiger partial charge on any atom is 0.188 e. The lowest BCUT2D eigenvalue weighted by atomic mass is 9.93. The van der Waals surface area contributed by atoms with Crippen LogP contribution in [0, 0.1) is 0 Å². The normalized spacial score (nSPS) is 15.1. The predicted octanol–water partition coefficient (Wildman–Crippen LogP) is 4.16. The third kappa shape index (κ3) is 3.22. The van der Waals surface area contributed by atoms with E-state index in [1.165, 1.54) is 6.42 Å². The molecule has 2 heteroatoms. The average molecular weight is 244 g/mol. The van der Waals surface area contributed by atoms with Gasteiger partial charge in [0.1, 0.15) is 5.75 Å². The molecule has 0 bridgehead atoms. The van der Waals surface area contributed by atoms with E-state index in [-0.39, 0.29) is 5.78 Å². The number of rotatable bonds is 5. The van der Waals surface area contributed by atoms with Crippen molar-refractivity contribution in [1.29, 1.82) is 0 Å². The highest BCUT2D eigenvalue weighted by molar-refractivity contribution is 6.08. The first kappa shape index (κ1) is 12.9. The molecule has 18 heavy (non-hydrogen) atoms. The summed E-state index contributed by atoms with van der Waals surface area (Å²) in [7, 11) is 0. The zero-order valence-electron chi connectivity index (χ0n) is 10.9. The van der Waals surface area contributed by atoms with Crippen molar-refractivity contribution in [2.45, 2.75) is 39.0 Å². The Morgan fingerprint density at radius 2 is 2.00 bits per heavy atom. The maximum absolute atomic E-state index is 12.2. The molecule has 0 radical (unpaired) electrons. The number of carbonyl (C=O) groups excluding carboxylic acids is 1. The van der Waals surface area contributed by atoms with E-state index in [9.17, 15) is 4.79 Å². The van der Waals surface area contributed by atoms with Gasteiger partial charge in [0, 0.05) is 5.56 Å². The Morgan fingerprint density at radius 1 is 1.22 bits per heavy atom. The summed E-state index contributed by atoms with van der Waals surface area (Å²) in [5.74, 6) is 1.02. The van der Waals surface area contributed by atoms with Crippen LogP contribution in [0.4, 0.5) is 0 Å². The number of allylic oxidation sites excluding steroid dienone is 2. The second kappa shape index (κ2) is 6.39. The molecule has 1 aliphatic rings. The van der Waals surface area contributed by atoms with Gasteiger partial charge in [-0.3, -0.25) is 4.79 Å². The Bertz CT molecular complexity index is 429. The molecule has 96 valence electrons. The number of ether oxygens (including phenoxy) is 1. The van der Waals surface area contributed by atoms with E-state index < -0.39 is 0 Å². The van der Waals surface area contributed by atoms with Crippen molar-refractivity contribution < 1.29 is 9.53 Å². The van der Waals surface area contributed by atoms with Gasteiger partial charge >= 0.3 is 0 Å². The van der Waals surface area contributed by atoms with Crippen LogP contribution < -0.4 is 4.74 Å². The SMILES string of the molecule is CCCOc1ccc(C(=O)C2=CCCCC2)cc1. The molecule has 0 spiro atoms. The summed E-state index contributed by atoms with van der Waals surface area (Å²) in [4.78, 5) is 12.2. The highest BCUT2D eigenvalue weighted by Crippen LogP contribution is 2.22. The van der Waals surface area contributed by atoms with Gasteiger partial charge in [-0.1, -0.05) is 13.0 Å². The average Bonchev–Trinajstić information content (AvgIpc) is 2.46. The molecule has 1 aliphatic carbocycles. The molecule has 1 aromatic rings. The standard InChI is InChI=1S/C16H20O2/c1-2-12-18-15-10-8-14(9-11-15)16(17)13-6-4-3-5-7-13/h6,8-11H,2-5,7,12H2,1H3. The summed E-state index contributed by atoms with van der Waals surface area (Å²) in [6.45, 7) is 2.80. The number of hydrogen-bond donors (Lipinski definition) is 0. The van der Waals surface area contributed by atoms with E-state index in [2.05, 4.69) is 13.0 Å². The molecule has 2 rings (SSSR count). The van der Waals surface area contributed by atoms with Gasteiger partial charge in [0.05, 0.1) is 6.61 Å². The smallest absolute Gasteiger partial charge is 0.188 e. The van der Waals surface area contributed by atoms with Crippen LogP contribution in [-0.2, 0) is 0 Å². The molecule has 0 saturated heterocycles. The highest BCUT2D eigenvalue weighted by atomic mass is 16.5. The Kier molecular flexibility index (Phi) is 4.57. The van der Waals surface area contributed by atoms with E-state index >= 15 is 0 Å². The Hall–Kier alpha value is -1.57. The summed E-state index contributed by atoms with van der Waals surface area (Å²) in [6, 6.07) is 7.49.